The summed E-state index contributed by atoms with van der Waals surface area (Å²) in [6.45, 7) is 6.38. The van der Waals surface area contributed by atoms with Crippen molar-refractivity contribution in [2.24, 2.45) is 0 Å². The van der Waals surface area contributed by atoms with Crippen molar-refractivity contribution in [3.05, 3.63) is 70.2 Å². The summed E-state index contributed by atoms with van der Waals surface area (Å²) < 4.78 is 2.04. The quantitative estimate of drug-likeness (QED) is 0.436. The van der Waals surface area contributed by atoms with Crippen LogP contribution in [0.5, 0.6) is 0 Å². The van der Waals surface area contributed by atoms with Gasteiger partial charge in [0.2, 0.25) is 0 Å². The number of nitrogens with zero attached hydrogens (tertiary/aromatic N) is 2. The number of benzene rings is 2. The molecule has 0 fully saturated rings. The Labute approximate surface area is 157 Å². The molecule has 4 aromatic rings. The van der Waals surface area contributed by atoms with E-state index in [1.165, 1.54) is 21.6 Å². The van der Waals surface area contributed by atoms with Crippen molar-refractivity contribution < 1.29 is 4.79 Å². The zero-order valence-electron chi connectivity index (χ0n) is 15.1. The predicted molar refractivity (Wildman–Crippen MR) is 108 cm³/mol. The third kappa shape index (κ3) is 2.58. The maximum absolute atomic E-state index is 12.0. The van der Waals surface area contributed by atoms with Crippen molar-refractivity contribution in [2.75, 3.05) is 0 Å². The van der Waals surface area contributed by atoms with Crippen LogP contribution >= 0.6 is 11.3 Å². The van der Waals surface area contributed by atoms with Gasteiger partial charge in [-0.1, -0.05) is 61.0 Å². The van der Waals surface area contributed by atoms with E-state index in [4.69, 9.17) is 4.98 Å². The third-order valence-corrected chi connectivity index (χ3v) is 5.89. The number of rotatable bonds is 4. The molecule has 0 aliphatic rings. The van der Waals surface area contributed by atoms with Crippen LogP contribution in [-0.4, -0.2) is 15.7 Å². The van der Waals surface area contributed by atoms with E-state index in [-0.39, 0.29) is 0 Å². The van der Waals surface area contributed by atoms with E-state index >= 15 is 0 Å². The van der Waals surface area contributed by atoms with Crippen molar-refractivity contribution >= 4 is 22.6 Å². The molecule has 0 unspecified atom stereocenters. The summed E-state index contributed by atoms with van der Waals surface area (Å²) in [5.41, 5.74) is 7.06. The van der Waals surface area contributed by atoms with Gasteiger partial charge >= 0.3 is 0 Å². The van der Waals surface area contributed by atoms with Crippen LogP contribution in [0.25, 0.3) is 27.5 Å². The summed E-state index contributed by atoms with van der Waals surface area (Å²) in [6.07, 6.45) is 1.84. The first-order chi connectivity index (χ1) is 12.6. The summed E-state index contributed by atoms with van der Waals surface area (Å²) in [6, 6.07) is 16.4. The van der Waals surface area contributed by atoms with Gasteiger partial charge in [0, 0.05) is 16.0 Å². The monoisotopic (exact) mass is 360 g/mol. The summed E-state index contributed by atoms with van der Waals surface area (Å²) in [4.78, 5) is 19.0. The Morgan fingerprint density at radius 3 is 2.54 bits per heavy atom. The van der Waals surface area contributed by atoms with E-state index in [1.54, 1.807) is 11.3 Å². The van der Waals surface area contributed by atoms with Gasteiger partial charge in [0.05, 0.1) is 5.69 Å². The molecule has 4 rings (SSSR count). The Bertz CT molecular complexity index is 1110. The number of aryl methyl sites for hydroxylation is 3. The van der Waals surface area contributed by atoms with Crippen LogP contribution in [0.4, 0.5) is 0 Å². The number of hydrogen-bond donors (Lipinski definition) is 0. The van der Waals surface area contributed by atoms with Crippen molar-refractivity contribution in [3.8, 4) is 22.5 Å². The van der Waals surface area contributed by atoms with Crippen molar-refractivity contribution in [1.82, 2.24) is 9.38 Å². The number of fused-ring (bicyclic) bond motifs is 1. The molecule has 130 valence electrons. The number of aromatic nitrogens is 2. The zero-order chi connectivity index (χ0) is 18.3. The Balaban J connectivity index is 2.06. The second kappa shape index (κ2) is 6.54. The van der Waals surface area contributed by atoms with Gasteiger partial charge in [-0.2, -0.15) is 0 Å². The fourth-order valence-electron chi connectivity index (χ4n) is 3.49. The lowest BCUT2D eigenvalue weighted by atomic mass is 10.0. The molecule has 2 aromatic carbocycles. The lowest BCUT2D eigenvalue weighted by Gasteiger charge is -2.10. The van der Waals surface area contributed by atoms with Gasteiger partial charge in [0.1, 0.15) is 11.4 Å². The largest absolute Gasteiger partial charge is 0.296 e. The molecule has 0 N–H and O–H groups in total. The lowest BCUT2D eigenvalue weighted by molar-refractivity contribution is 0.111. The first-order valence-electron chi connectivity index (χ1n) is 8.76. The molecule has 0 aliphatic heterocycles. The first-order valence-corrected chi connectivity index (χ1v) is 9.58. The molecule has 4 heteroatoms. The number of carbonyl (C=O) groups excluding carboxylic acids is 1. The van der Waals surface area contributed by atoms with Crippen LogP contribution in [0, 0.1) is 13.8 Å². The zero-order valence-corrected chi connectivity index (χ0v) is 15.9. The molecule has 3 nitrogen and oxygen atoms in total. The van der Waals surface area contributed by atoms with Crippen molar-refractivity contribution in [1.29, 1.82) is 0 Å². The third-order valence-electron chi connectivity index (χ3n) is 4.70. The molecular weight excluding hydrogens is 340 g/mol. The smallest absolute Gasteiger partial charge is 0.195 e. The number of hydrogen-bond acceptors (Lipinski definition) is 3. The van der Waals surface area contributed by atoms with Gasteiger partial charge in [-0.3, -0.25) is 9.20 Å². The van der Waals surface area contributed by atoms with E-state index in [1.807, 2.05) is 34.7 Å². The topological polar surface area (TPSA) is 34.4 Å². The fraction of sp³-hybridized carbons (Fsp3) is 0.182. The van der Waals surface area contributed by atoms with Gasteiger partial charge < -0.3 is 0 Å². The normalized spacial score (nSPS) is 11.2. The van der Waals surface area contributed by atoms with Gasteiger partial charge in [-0.25, -0.2) is 4.98 Å². The lowest BCUT2D eigenvalue weighted by Crippen LogP contribution is -1.98. The molecule has 26 heavy (non-hydrogen) atoms. The Morgan fingerprint density at radius 1 is 1.12 bits per heavy atom. The highest BCUT2D eigenvalue weighted by Gasteiger charge is 2.22. The molecule has 2 aromatic heterocycles. The van der Waals surface area contributed by atoms with Gasteiger partial charge in [0.25, 0.3) is 0 Å². The highest BCUT2D eigenvalue weighted by Crippen LogP contribution is 2.37. The molecule has 2 heterocycles. The van der Waals surface area contributed by atoms with Crippen LogP contribution in [0.1, 0.15) is 33.4 Å². The van der Waals surface area contributed by atoms with Crippen LogP contribution in [0.15, 0.2) is 48.5 Å². The second-order valence-corrected chi connectivity index (χ2v) is 7.56. The van der Waals surface area contributed by atoms with Crippen LogP contribution in [-0.2, 0) is 6.42 Å². The minimum Gasteiger partial charge on any atom is -0.296 e. The number of carbonyl (C=O) groups is 1. The summed E-state index contributed by atoms with van der Waals surface area (Å²) in [5, 5.41) is 0. The molecule has 0 saturated heterocycles. The molecular formula is C22H20N2OS. The minimum absolute atomic E-state index is 0.622. The summed E-state index contributed by atoms with van der Waals surface area (Å²) in [7, 11) is 0. The maximum atomic E-state index is 12.0. The van der Waals surface area contributed by atoms with E-state index in [9.17, 15) is 4.79 Å². The Morgan fingerprint density at radius 2 is 1.88 bits per heavy atom. The first kappa shape index (κ1) is 16.7. The van der Waals surface area contributed by atoms with Crippen LogP contribution in [0.2, 0.25) is 0 Å². The number of imidazole rings is 1. The van der Waals surface area contributed by atoms with Gasteiger partial charge in [0.15, 0.2) is 11.2 Å². The maximum Gasteiger partial charge on any atom is 0.195 e. The summed E-state index contributed by atoms with van der Waals surface area (Å²) in [5.74, 6) is 0. The molecule has 0 bridgehead atoms. The highest BCUT2D eigenvalue weighted by atomic mass is 32.1. The fourth-order valence-corrected chi connectivity index (χ4v) is 4.57. The average Bonchev–Trinajstić information content (AvgIpc) is 3.18. The van der Waals surface area contributed by atoms with Crippen LogP contribution < -0.4 is 0 Å². The Hall–Kier alpha value is -2.72. The van der Waals surface area contributed by atoms with Crippen LogP contribution in [0.3, 0.4) is 0 Å². The van der Waals surface area contributed by atoms with E-state index in [2.05, 4.69) is 39.0 Å². The standard InChI is InChI=1S/C22H20N2OS/c1-4-19-21(17-11-10-14(2)12-15(17)3)24-18(13-25)20(23-22(24)26-19)16-8-6-5-7-9-16/h5-13H,4H2,1-3H3. The summed E-state index contributed by atoms with van der Waals surface area (Å²) >= 11 is 1.67. The van der Waals surface area contributed by atoms with Gasteiger partial charge in [-0.15, -0.1) is 11.3 Å². The van der Waals surface area contributed by atoms with E-state index < -0.39 is 0 Å². The van der Waals surface area contributed by atoms with Crippen molar-refractivity contribution in [2.45, 2.75) is 27.2 Å². The average molecular weight is 360 g/mol. The van der Waals surface area contributed by atoms with E-state index in [0.717, 1.165) is 34.6 Å². The molecule has 0 amide bonds. The highest BCUT2D eigenvalue weighted by molar-refractivity contribution is 7.17. The molecule has 0 atom stereocenters. The predicted octanol–water partition coefficient (Wildman–Crippen LogP) is 5.72. The van der Waals surface area contributed by atoms with Crippen molar-refractivity contribution in [3.63, 3.8) is 0 Å². The van der Waals surface area contributed by atoms with Gasteiger partial charge in [-0.05, 0) is 25.8 Å². The molecule has 0 spiro atoms. The minimum atomic E-state index is 0.622. The molecule has 0 aliphatic carbocycles. The van der Waals surface area contributed by atoms with E-state index in [0.29, 0.717) is 5.69 Å². The SMILES string of the molecule is CCc1sc2nc(-c3ccccc3)c(C=O)n2c1-c1ccc(C)cc1C. The Kier molecular flexibility index (Phi) is 4.21. The molecule has 0 radical (unpaired) electrons. The number of aldehydes is 1. The molecule has 0 saturated carbocycles. The second-order valence-electron chi connectivity index (χ2n) is 6.49. The number of thiazole rings is 1.